The predicted octanol–water partition coefficient (Wildman–Crippen LogP) is 3.55. The van der Waals surface area contributed by atoms with Crippen molar-refractivity contribution >= 4 is 28.9 Å². The molecule has 0 amide bonds. The molecule has 0 aliphatic heterocycles. The molecule has 2 N–H and O–H groups in total. The summed E-state index contributed by atoms with van der Waals surface area (Å²) in [6.07, 6.45) is 0. The minimum atomic E-state index is -0.294. The largest absolute Gasteiger partial charge is 0.497 e. The van der Waals surface area contributed by atoms with Crippen LogP contribution in [0.1, 0.15) is 11.4 Å². The maximum atomic E-state index is 12.0. The third kappa shape index (κ3) is 4.35. The van der Waals surface area contributed by atoms with Gasteiger partial charge in [0.2, 0.25) is 0 Å². The van der Waals surface area contributed by atoms with Crippen LogP contribution in [0.3, 0.4) is 0 Å². The number of hydrogen-bond acceptors (Lipinski definition) is 4. The maximum absolute atomic E-state index is 12.0. The van der Waals surface area contributed by atoms with Crippen molar-refractivity contribution in [3.05, 3.63) is 74.4 Å². The number of benzene rings is 2. The quantitative estimate of drug-likeness (QED) is 0.687. The zero-order valence-electron chi connectivity index (χ0n) is 13.4. The van der Waals surface area contributed by atoms with E-state index in [9.17, 15) is 4.79 Å². The lowest BCUT2D eigenvalue weighted by molar-refractivity contribution is 0.415. The molecule has 1 heterocycles. The fraction of sp³-hybridized carbons (Fsp3) is 0.176. The van der Waals surface area contributed by atoms with Crippen LogP contribution in [0.15, 0.2) is 47.3 Å². The van der Waals surface area contributed by atoms with Crippen molar-refractivity contribution in [2.45, 2.75) is 13.1 Å². The summed E-state index contributed by atoms with van der Waals surface area (Å²) in [4.78, 5) is 14.8. The predicted molar refractivity (Wildman–Crippen MR) is 98.7 cm³/mol. The van der Waals surface area contributed by atoms with E-state index < -0.39 is 0 Å². The lowest BCUT2D eigenvalue weighted by Crippen LogP contribution is -2.18. The van der Waals surface area contributed by atoms with Crippen LogP contribution in [0.2, 0.25) is 10.0 Å². The summed E-state index contributed by atoms with van der Waals surface area (Å²) >= 11 is 12.0. The first kappa shape index (κ1) is 17.4. The van der Waals surface area contributed by atoms with E-state index in [1.54, 1.807) is 25.3 Å². The van der Waals surface area contributed by atoms with Crippen LogP contribution in [0, 0.1) is 0 Å². The fourth-order valence-electron chi connectivity index (χ4n) is 2.30. The van der Waals surface area contributed by atoms with Gasteiger partial charge < -0.3 is 10.1 Å². The molecule has 130 valence electrons. The van der Waals surface area contributed by atoms with Crippen molar-refractivity contribution in [2.75, 3.05) is 12.4 Å². The van der Waals surface area contributed by atoms with Crippen molar-refractivity contribution in [2.24, 2.45) is 0 Å². The molecule has 0 aliphatic rings. The van der Waals surface area contributed by atoms with Gasteiger partial charge in [-0.3, -0.25) is 4.98 Å². The van der Waals surface area contributed by atoms with Gasteiger partial charge in [-0.15, -0.1) is 0 Å². The van der Waals surface area contributed by atoms with E-state index >= 15 is 0 Å². The molecule has 3 rings (SSSR count). The molecule has 0 unspecified atom stereocenters. The molecule has 25 heavy (non-hydrogen) atoms. The van der Waals surface area contributed by atoms with E-state index in [4.69, 9.17) is 27.9 Å². The van der Waals surface area contributed by atoms with Crippen molar-refractivity contribution in [1.82, 2.24) is 14.8 Å². The summed E-state index contributed by atoms with van der Waals surface area (Å²) in [5, 5.41) is 8.53. The molecule has 8 heteroatoms. The summed E-state index contributed by atoms with van der Waals surface area (Å²) in [7, 11) is 1.62. The van der Waals surface area contributed by atoms with Crippen LogP contribution in [0.5, 0.6) is 5.75 Å². The van der Waals surface area contributed by atoms with E-state index in [2.05, 4.69) is 15.4 Å². The molecule has 0 atom stereocenters. The third-order valence-corrected chi connectivity index (χ3v) is 4.20. The van der Waals surface area contributed by atoms with Gasteiger partial charge in [0.05, 0.1) is 20.2 Å². The summed E-state index contributed by atoms with van der Waals surface area (Å²) in [5.74, 6) is 1.31. The van der Waals surface area contributed by atoms with Gasteiger partial charge in [0, 0.05) is 15.7 Å². The van der Waals surface area contributed by atoms with Crippen LogP contribution in [-0.4, -0.2) is 21.9 Å². The molecular weight excluding hydrogens is 363 g/mol. The smallest absolute Gasteiger partial charge is 0.343 e. The van der Waals surface area contributed by atoms with Gasteiger partial charge in [-0.1, -0.05) is 29.3 Å². The molecule has 1 aromatic heterocycles. The molecule has 0 fully saturated rings. The highest BCUT2D eigenvalue weighted by atomic mass is 35.5. The van der Waals surface area contributed by atoms with Gasteiger partial charge in [0.1, 0.15) is 11.6 Å². The van der Waals surface area contributed by atoms with Crippen LogP contribution in [0.25, 0.3) is 0 Å². The van der Waals surface area contributed by atoms with Gasteiger partial charge in [-0.2, -0.15) is 5.10 Å². The Hall–Kier alpha value is -2.44. The number of methoxy groups -OCH3 is 1. The van der Waals surface area contributed by atoms with Crippen LogP contribution < -0.4 is 15.7 Å². The molecule has 0 bridgehead atoms. The molecule has 6 nitrogen and oxygen atoms in total. The van der Waals surface area contributed by atoms with Crippen LogP contribution in [-0.2, 0) is 13.1 Å². The summed E-state index contributed by atoms with van der Waals surface area (Å²) < 4.78 is 6.45. The van der Waals surface area contributed by atoms with E-state index in [0.717, 1.165) is 17.0 Å². The number of ether oxygens (including phenoxy) is 1. The van der Waals surface area contributed by atoms with E-state index in [-0.39, 0.29) is 12.2 Å². The average molecular weight is 379 g/mol. The highest BCUT2D eigenvalue weighted by molar-refractivity contribution is 6.35. The number of hydrogen-bond donors (Lipinski definition) is 2. The number of anilines is 1. The van der Waals surface area contributed by atoms with Gasteiger partial charge in [-0.25, -0.2) is 9.48 Å². The average Bonchev–Trinajstić information content (AvgIpc) is 2.96. The second kappa shape index (κ2) is 7.63. The molecule has 2 aromatic carbocycles. The molecule has 0 spiro atoms. The zero-order valence-corrected chi connectivity index (χ0v) is 14.9. The highest BCUT2D eigenvalue weighted by Gasteiger charge is 2.08. The molecule has 0 saturated heterocycles. The second-order valence-electron chi connectivity index (χ2n) is 5.35. The molecule has 0 saturated carbocycles. The SMILES string of the molecule is COc1ccc(NCc2nn(Cc3ccc(Cl)cc3Cl)c(=O)[nH]2)cc1. The number of nitrogens with one attached hydrogen (secondary N) is 2. The van der Waals surface area contributed by atoms with Crippen molar-refractivity contribution < 1.29 is 4.74 Å². The first-order chi connectivity index (χ1) is 12.0. The minimum absolute atomic E-state index is 0.272. The topological polar surface area (TPSA) is 71.9 Å². The molecular formula is C17H16Cl2N4O2. The van der Waals surface area contributed by atoms with Gasteiger partial charge >= 0.3 is 5.69 Å². The Bertz CT molecular complexity index is 919. The molecule has 0 radical (unpaired) electrons. The fourth-order valence-corrected chi connectivity index (χ4v) is 2.76. The Labute approximate surface area is 154 Å². The number of halogens is 2. The number of aromatic amines is 1. The lowest BCUT2D eigenvalue weighted by Gasteiger charge is -2.05. The van der Waals surface area contributed by atoms with Crippen molar-refractivity contribution in [3.63, 3.8) is 0 Å². The number of rotatable bonds is 6. The Kier molecular flexibility index (Phi) is 5.31. The Balaban J connectivity index is 1.68. The Morgan fingerprint density at radius 1 is 1.20 bits per heavy atom. The Morgan fingerprint density at radius 3 is 2.64 bits per heavy atom. The standard InChI is InChI=1S/C17H16Cl2N4O2/c1-25-14-6-4-13(5-7-14)20-9-16-21-17(24)23(22-16)10-11-2-3-12(18)8-15(11)19/h2-8,20H,9-10H2,1H3,(H,21,22,24). The zero-order chi connectivity index (χ0) is 17.8. The number of H-pyrrole nitrogens is 1. The first-order valence-electron chi connectivity index (χ1n) is 7.53. The summed E-state index contributed by atoms with van der Waals surface area (Å²) in [6, 6.07) is 12.6. The monoisotopic (exact) mass is 378 g/mol. The van der Waals surface area contributed by atoms with E-state index in [0.29, 0.717) is 22.4 Å². The van der Waals surface area contributed by atoms with Gasteiger partial charge in [-0.05, 0) is 42.0 Å². The maximum Gasteiger partial charge on any atom is 0.343 e. The third-order valence-electron chi connectivity index (χ3n) is 3.61. The van der Waals surface area contributed by atoms with Gasteiger partial charge in [0.15, 0.2) is 0 Å². The Morgan fingerprint density at radius 2 is 1.96 bits per heavy atom. The van der Waals surface area contributed by atoms with Crippen molar-refractivity contribution in [1.29, 1.82) is 0 Å². The molecule has 3 aromatic rings. The van der Waals surface area contributed by atoms with E-state index in [1.165, 1.54) is 4.68 Å². The first-order valence-corrected chi connectivity index (χ1v) is 8.28. The minimum Gasteiger partial charge on any atom is -0.497 e. The van der Waals surface area contributed by atoms with E-state index in [1.807, 2.05) is 24.3 Å². The number of nitrogens with zero attached hydrogens (tertiary/aromatic N) is 2. The van der Waals surface area contributed by atoms with Gasteiger partial charge in [0.25, 0.3) is 0 Å². The molecule has 0 aliphatic carbocycles. The lowest BCUT2D eigenvalue weighted by atomic mass is 10.2. The van der Waals surface area contributed by atoms with Crippen LogP contribution in [0.4, 0.5) is 5.69 Å². The number of aromatic nitrogens is 3. The van der Waals surface area contributed by atoms with Crippen molar-refractivity contribution in [3.8, 4) is 5.75 Å². The summed E-state index contributed by atoms with van der Waals surface area (Å²) in [5.41, 5.74) is 1.38. The highest BCUT2D eigenvalue weighted by Crippen LogP contribution is 2.21. The normalized spacial score (nSPS) is 10.7. The summed E-state index contributed by atoms with van der Waals surface area (Å²) in [6.45, 7) is 0.663. The second-order valence-corrected chi connectivity index (χ2v) is 6.20. The van der Waals surface area contributed by atoms with Crippen LogP contribution >= 0.6 is 23.2 Å².